The first-order valence-corrected chi connectivity index (χ1v) is 10.1. The largest absolute Gasteiger partial charge is 0.329 e. The van der Waals surface area contributed by atoms with E-state index in [0.717, 1.165) is 39.3 Å². The molecule has 26 heavy (non-hydrogen) atoms. The fraction of sp³-hybridized carbons (Fsp3) is 0.625. The molecule has 0 aliphatic heterocycles. The standard InChI is InChI=1S/C16H28Cl4N6/c17-13-11(9-25-7-5-23-3-1-21)14(18)16(20)12(15(13)19)10-26-8-6-24-4-2-22/h23-26H,1-10,21-22H2. The second kappa shape index (κ2) is 14.2. The van der Waals surface area contributed by atoms with E-state index in [1.165, 1.54) is 0 Å². The second-order valence-electron chi connectivity index (χ2n) is 5.64. The van der Waals surface area contributed by atoms with Crippen LogP contribution >= 0.6 is 46.4 Å². The number of hydrogen-bond donors (Lipinski definition) is 6. The summed E-state index contributed by atoms with van der Waals surface area (Å²) in [5.74, 6) is 0. The van der Waals surface area contributed by atoms with Crippen LogP contribution in [0.2, 0.25) is 20.1 Å². The highest BCUT2D eigenvalue weighted by atomic mass is 35.5. The van der Waals surface area contributed by atoms with E-state index in [1.807, 2.05) is 0 Å². The summed E-state index contributed by atoms with van der Waals surface area (Å²) in [5, 5.41) is 14.7. The molecule has 1 aromatic carbocycles. The maximum atomic E-state index is 6.42. The molecule has 0 saturated heterocycles. The lowest BCUT2D eigenvalue weighted by Crippen LogP contribution is -2.31. The molecule has 0 spiro atoms. The number of nitrogens with two attached hydrogens (primary N) is 2. The minimum Gasteiger partial charge on any atom is -0.329 e. The number of benzene rings is 1. The normalized spacial score (nSPS) is 11.3. The van der Waals surface area contributed by atoms with Crippen LogP contribution in [0.5, 0.6) is 0 Å². The van der Waals surface area contributed by atoms with Crippen LogP contribution in [-0.2, 0) is 13.1 Å². The third-order valence-electron chi connectivity index (χ3n) is 3.65. The van der Waals surface area contributed by atoms with Gasteiger partial charge in [0.25, 0.3) is 0 Å². The first-order valence-electron chi connectivity index (χ1n) is 8.61. The van der Waals surface area contributed by atoms with Gasteiger partial charge in [0, 0.05) is 76.6 Å². The maximum absolute atomic E-state index is 6.42. The van der Waals surface area contributed by atoms with Crippen LogP contribution in [-0.4, -0.2) is 52.4 Å². The van der Waals surface area contributed by atoms with Gasteiger partial charge in [0.2, 0.25) is 0 Å². The molecule has 8 N–H and O–H groups in total. The highest BCUT2D eigenvalue weighted by molar-refractivity contribution is 6.48. The van der Waals surface area contributed by atoms with E-state index in [0.29, 0.717) is 57.4 Å². The second-order valence-corrected chi connectivity index (χ2v) is 7.16. The summed E-state index contributed by atoms with van der Waals surface area (Å²) in [6.45, 7) is 6.86. The van der Waals surface area contributed by atoms with Gasteiger partial charge in [-0.2, -0.15) is 0 Å². The summed E-state index contributed by atoms with van der Waals surface area (Å²) in [5.41, 5.74) is 12.3. The van der Waals surface area contributed by atoms with E-state index in [2.05, 4.69) is 21.3 Å². The van der Waals surface area contributed by atoms with E-state index < -0.39 is 0 Å². The van der Waals surface area contributed by atoms with Gasteiger partial charge >= 0.3 is 0 Å². The molecule has 0 radical (unpaired) electrons. The molecule has 0 fully saturated rings. The molecule has 0 saturated carbocycles. The van der Waals surface area contributed by atoms with Gasteiger partial charge in [-0.3, -0.25) is 0 Å². The highest BCUT2D eigenvalue weighted by Gasteiger charge is 2.19. The first-order chi connectivity index (χ1) is 12.5. The van der Waals surface area contributed by atoms with E-state index in [-0.39, 0.29) is 0 Å². The van der Waals surface area contributed by atoms with Crippen molar-refractivity contribution in [2.45, 2.75) is 13.1 Å². The van der Waals surface area contributed by atoms with Crippen molar-refractivity contribution in [2.75, 3.05) is 52.4 Å². The summed E-state index contributed by atoms with van der Waals surface area (Å²) in [7, 11) is 0. The zero-order valence-corrected chi connectivity index (χ0v) is 17.8. The molecule has 150 valence electrons. The van der Waals surface area contributed by atoms with Gasteiger partial charge in [-0.15, -0.1) is 0 Å². The Labute approximate surface area is 175 Å². The Kier molecular flexibility index (Phi) is 13.2. The Morgan fingerprint density at radius 2 is 0.808 bits per heavy atom. The SMILES string of the molecule is NCCNCCNCc1c(Cl)c(Cl)c(CNCCNCCN)c(Cl)c1Cl. The van der Waals surface area contributed by atoms with Crippen molar-refractivity contribution < 1.29 is 0 Å². The maximum Gasteiger partial charge on any atom is 0.0656 e. The van der Waals surface area contributed by atoms with Crippen molar-refractivity contribution in [2.24, 2.45) is 11.5 Å². The van der Waals surface area contributed by atoms with Crippen LogP contribution < -0.4 is 32.7 Å². The molecule has 0 amide bonds. The number of rotatable bonds is 14. The van der Waals surface area contributed by atoms with Crippen molar-refractivity contribution in [3.8, 4) is 0 Å². The molecule has 1 rings (SSSR count). The highest BCUT2D eigenvalue weighted by Crippen LogP contribution is 2.41. The average molecular weight is 446 g/mol. The topological polar surface area (TPSA) is 100 Å². The molecule has 0 aromatic heterocycles. The third kappa shape index (κ3) is 8.02. The Bertz CT molecular complexity index is 468. The molecule has 0 aliphatic carbocycles. The average Bonchev–Trinajstić information content (AvgIpc) is 2.64. The third-order valence-corrected chi connectivity index (χ3v) is 5.51. The minimum atomic E-state index is 0.432. The van der Waals surface area contributed by atoms with Crippen molar-refractivity contribution in [1.82, 2.24) is 21.3 Å². The van der Waals surface area contributed by atoms with Crippen molar-refractivity contribution in [3.63, 3.8) is 0 Å². The van der Waals surface area contributed by atoms with Crippen LogP contribution in [0.25, 0.3) is 0 Å². The monoisotopic (exact) mass is 444 g/mol. The quantitative estimate of drug-likeness (QED) is 0.192. The number of nitrogens with one attached hydrogen (secondary N) is 4. The van der Waals surface area contributed by atoms with Gasteiger partial charge < -0.3 is 32.7 Å². The van der Waals surface area contributed by atoms with Crippen molar-refractivity contribution >= 4 is 46.4 Å². The molecule has 1 aromatic rings. The first kappa shape index (κ1) is 24.2. The summed E-state index contributed by atoms with van der Waals surface area (Å²) >= 11 is 25.7. The molecular formula is C16H28Cl4N6. The lowest BCUT2D eigenvalue weighted by atomic mass is 10.1. The predicted octanol–water partition coefficient (Wildman–Crippen LogP) is 1.58. The van der Waals surface area contributed by atoms with Crippen molar-refractivity contribution in [1.29, 1.82) is 0 Å². The van der Waals surface area contributed by atoms with E-state index >= 15 is 0 Å². The molecule has 0 aliphatic rings. The summed E-state index contributed by atoms with van der Waals surface area (Å²) < 4.78 is 0. The molecule has 0 unspecified atom stereocenters. The van der Waals surface area contributed by atoms with Crippen LogP contribution in [0.1, 0.15) is 11.1 Å². The summed E-state index contributed by atoms with van der Waals surface area (Å²) in [6.07, 6.45) is 0. The fourth-order valence-corrected chi connectivity index (χ4v) is 3.47. The van der Waals surface area contributed by atoms with E-state index in [9.17, 15) is 0 Å². The molecular weight excluding hydrogens is 418 g/mol. The Hall–Kier alpha value is 0.140. The summed E-state index contributed by atoms with van der Waals surface area (Å²) in [4.78, 5) is 0. The van der Waals surface area contributed by atoms with Gasteiger partial charge in [-0.25, -0.2) is 0 Å². The Morgan fingerprint density at radius 1 is 0.500 bits per heavy atom. The van der Waals surface area contributed by atoms with E-state index in [1.54, 1.807) is 0 Å². The molecule has 10 heteroatoms. The lowest BCUT2D eigenvalue weighted by Gasteiger charge is -2.17. The number of hydrogen-bond acceptors (Lipinski definition) is 6. The van der Waals surface area contributed by atoms with E-state index in [4.69, 9.17) is 57.9 Å². The molecule has 6 nitrogen and oxygen atoms in total. The number of halogens is 4. The minimum absolute atomic E-state index is 0.432. The zero-order chi connectivity index (χ0) is 19.4. The fourth-order valence-electron chi connectivity index (χ4n) is 2.27. The van der Waals surface area contributed by atoms with Gasteiger partial charge in [-0.1, -0.05) is 46.4 Å². The van der Waals surface area contributed by atoms with Crippen LogP contribution in [0.3, 0.4) is 0 Å². The van der Waals surface area contributed by atoms with Crippen molar-refractivity contribution in [3.05, 3.63) is 31.2 Å². The van der Waals surface area contributed by atoms with Gasteiger partial charge in [0.15, 0.2) is 0 Å². The molecule has 0 heterocycles. The smallest absolute Gasteiger partial charge is 0.0656 e. The predicted molar refractivity (Wildman–Crippen MR) is 114 cm³/mol. The molecule has 0 bridgehead atoms. The van der Waals surface area contributed by atoms with Crippen LogP contribution in [0, 0.1) is 0 Å². The Balaban J connectivity index is 2.61. The van der Waals surface area contributed by atoms with Crippen LogP contribution in [0.15, 0.2) is 0 Å². The van der Waals surface area contributed by atoms with Gasteiger partial charge in [0.05, 0.1) is 20.1 Å². The van der Waals surface area contributed by atoms with Crippen LogP contribution in [0.4, 0.5) is 0 Å². The summed E-state index contributed by atoms with van der Waals surface area (Å²) in [6, 6.07) is 0. The zero-order valence-electron chi connectivity index (χ0n) is 14.7. The lowest BCUT2D eigenvalue weighted by molar-refractivity contribution is 0.612. The van der Waals surface area contributed by atoms with Gasteiger partial charge in [-0.05, 0) is 0 Å². The Morgan fingerprint density at radius 3 is 1.12 bits per heavy atom. The van der Waals surface area contributed by atoms with Gasteiger partial charge in [0.1, 0.15) is 0 Å². The molecule has 0 atom stereocenters.